The van der Waals surface area contributed by atoms with E-state index in [1.54, 1.807) is 4.68 Å². The molecule has 1 amide bonds. The van der Waals surface area contributed by atoms with E-state index in [2.05, 4.69) is 61.7 Å². The molecule has 1 N–H and O–H groups in total. The van der Waals surface area contributed by atoms with Gasteiger partial charge in [0.25, 0.3) is 5.91 Å². The number of carbonyl (C=O) groups excluding carboxylic acids is 1. The van der Waals surface area contributed by atoms with E-state index in [1.165, 1.54) is 5.56 Å². The molecule has 3 aromatic rings. The van der Waals surface area contributed by atoms with Crippen LogP contribution in [0.2, 0.25) is 0 Å². The second-order valence-electron chi connectivity index (χ2n) is 7.32. The van der Waals surface area contributed by atoms with Crippen molar-refractivity contribution in [2.24, 2.45) is 5.16 Å². The van der Waals surface area contributed by atoms with Crippen LogP contribution in [0.3, 0.4) is 0 Å². The topological polar surface area (TPSA) is 86.3 Å². The van der Waals surface area contributed by atoms with Gasteiger partial charge in [0, 0.05) is 30.9 Å². The summed E-state index contributed by atoms with van der Waals surface area (Å²) in [4.78, 5) is 18.1. The third-order valence-corrected chi connectivity index (χ3v) is 5.51. The molecule has 1 unspecified atom stereocenters. The summed E-state index contributed by atoms with van der Waals surface area (Å²) >= 11 is 3.47. The number of hydrogen-bond donors (Lipinski definition) is 1. The van der Waals surface area contributed by atoms with Crippen molar-refractivity contribution >= 4 is 33.4 Å². The molecule has 1 aromatic carbocycles. The quantitative estimate of drug-likeness (QED) is 0.595. The molecule has 8 nitrogen and oxygen atoms in total. The number of benzene rings is 1. The molecule has 0 saturated heterocycles. The summed E-state index contributed by atoms with van der Waals surface area (Å²) in [5.74, 6) is 0.176. The van der Waals surface area contributed by atoms with Gasteiger partial charge in [0.05, 0.1) is 22.4 Å². The largest absolute Gasteiger partial charge is 0.382 e. The van der Waals surface area contributed by atoms with Gasteiger partial charge in [0.1, 0.15) is 0 Å². The van der Waals surface area contributed by atoms with Gasteiger partial charge < -0.3 is 10.2 Å². The summed E-state index contributed by atoms with van der Waals surface area (Å²) < 4.78 is 4.34. The molecule has 0 fully saturated rings. The average molecular weight is 471 g/mol. The number of rotatable bonds is 6. The standard InChI is InChI=1S/C21H23BrN6O2/c1-4-27-11-16(14(3)24-27)18-9-19(30-26-18)21(29)23-20-17(22)12-28(25-20)10-15-7-5-6-13(2)8-15/h5-8,11-12,19H,4,9-10H2,1-3H3,(H,23,25,29). The van der Waals surface area contributed by atoms with E-state index in [0.29, 0.717) is 23.3 Å². The molecule has 156 valence electrons. The van der Waals surface area contributed by atoms with E-state index in [0.717, 1.165) is 29.1 Å². The maximum Gasteiger partial charge on any atom is 0.269 e. The van der Waals surface area contributed by atoms with Crippen LogP contribution in [0.15, 0.2) is 46.3 Å². The summed E-state index contributed by atoms with van der Waals surface area (Å²) in [7, 11) is 0. The molecule has 4 rings (SSSR count). The maximum absolute atomic E-state index is 12.7. The Kier molecular flexibility index (Phi) is 5.72. The van der Waals surface area contributed by atoms with Crippen LogP contribution in [0.25, 0.3) is 0 Å². The molecule has 30 heavy (non-hydrogen) atoms. The Morgan fingerprint density at radius 2 is 2.10 bits per heavy atom. The molecule has 0 spiro atoms. The van der Waals surface area contributed by atoms with Gasteiger partial charge in [-0.15, -0.1) is 0 Å². The molecule has 0 aliphatic carbocycles. The van der Waals surface area contributed by atoms with E-state index in [-0.39, 0.29) is 5.91 Å². The van der Waals surface area contributed by atoms with Crippen molar-refractivity contribution in [1.82, 2.24) is 19.6 Å². The summed E-state index contributed by atoms with van der Waals surface area (Å²) in [6, 6.07) is 8.24. The Morgan fingerprint density at radius 1 is 1.27 bits per heavy atom. The number of nitrogens with zero attached hydrogens (tertiary/aromatic N) is 5. The zero-order valence-corrected chi connectivity index (χ0v) is 18.7. The minimum absolute atomic E-state index is 0.282. The lowest BCUT2D eigenvalue weighted by Crippen LogP contribution is -2.28. The van der Waals surface area contributed by atoms with Gasteiger partial charge in [-0.3, -0.25) is 14.2 Å². The first kappa shape index (κ1) is 20.3. The Morgan fingerprint density at radius 3 is 2.83 bits per heavy atom. The fraction of sp³-hybridized carbons (Fsp3) is 0.333. The Labute approximate surface area is 183 Å². The minimum Gasteiger partial charge on any atom is -0.382 e. The normalized spacial score (nSPS) is 15.7. The molecule has 1 aliphatic heterocycles. The highest BCUT2D eigenvalue weighted by Gasteiger charge is 2.31. The number of amides is 1. The van der Waals surface area contributed by atoms with Gasteiger partial charge in [-0.1, -0.05) is 35.0 Å². The number of nitrogens with one attached hydrogen (secondary N) is 1. The van der Waals surface area contributed by atoms with Gasteiger partial charge in [-0.05, 0) is 42.3 Å². The molecule has 1 aliphatic rings. The van der Waals surface area contributed by atoms with Crippen LogP contribution in [0.5, 0.6) is 0 Å². The summed E-state index contributed by atoms with van der Waals surface area (Å²) in [6.45, 7) is 7.40. The highest BCUT2D eigenvalue weighted by Crippen LogP contribution is 2.24. The van der Waals surface area contributed by atoms with Gasteiger partial charge in [0.2, 0.25) is 6.10 Å². The summed E-state index contributed by atoms with van der Waals surface area (Å²) in [5, 5.41) is 15.9. The number of aromatic nitrogens is 4. The fourth-order valence-corrected chi connectivity index (χ4v) is 3.81. The highest BCUT2D eigenvalue weighted by atomic mass is 79.9. The first-order valence-electron chi connectivity index (χ1n) is 9.79. The molecular weight excluding hydrogens is 448 g/mol. The van der Waals surface area contributed by atoms with Gasteiger partial charge in [0.15, 0.2) is 5.82 Å². The van der Waals surface area contributed by atoms with E-state index in [1.807, 2.05) is 37.0 Å². The van der Waals surface area contributed by atoms with Crippen LogP contribution >= 0.6 is 15.9 Å². The van der Waals surface area contributed by atoms with Crippen molar-refractivity contribution in [3.05, 3.63) is 63.5 Å². The third kappa shape index (κ3) is 4.30. The predicted molar refractivity (Wildman–Crippen MR) is 118 cm³/mol. The Bertz CT molecular complexity index is 1120. The number of anilines is 1. The van der Waals surface area contributed by atoms with E-state index < -0.39 is 6.10 Å². The van der Waals surface area contributed by atoms with Crippen molar-refractivity contribution in [3.8, 4) is 0 Å². The lowest BCUT2D eigenvalue weighted by atomic mass is 10.1. The lowest BCUT2D eigenvalue weighted by molar-refractivity contribution is -0.125. The van der Waals surface area contributed by atoms with Crippen LogP contribution < -0.4 is 5.32 Å². The average Bonchev–Trinajstić information content (AvgIpc) is 3.41. The zero-order chi connectivity index (χ0) is 21.3. The van der Waals surface area contributed by atoms with Crippen LogP contribution in [0.4, 0.5) is 5.82 Å². The van der Waals surface area contributed by atoms with Gasteiger partial charge in [-0.2, -0.15) is 10.2 Å². The van der Waals surface area contributed by atoms with E-state index in [4.69, 9.17) is 4.84 Å². The number of carbonyl (C=O) groups is 1. The molecule has 2 aromatic heterocycles. The number of aryl methyl sites for hydroxylation is 3. The lowest BCUT2D eigenvalue weighted by Gasteiger charge is -2.08. The first-order valence-corrected chi connectivity index (χ1v) is 10.6. The predicted octanol–water partition coefficient (Wildman–Crippen LogP) is 3.66. The number of hydrogen-bond acceptors (Lipinski definition) is 5. The van der Waals surface area contributed by atoms with Crippen LogP contribution in [-0.4, -0.2) is 37.3 Å². The SMILES string of the molecule is CCn1cc(C2=NOC(C(=O)Nc3nn(Cc4cccc(C)c4)cc3Br)C2)c(C)n1. The van der Waals surface area contributed by atoms with Crippen molar-refractivity contribution < 1.29 is 9.63 Å². The highest BCUT2D eigenvalue weighted by molar-refractivity contribution is 9.10. The van der Waals surface area contributed by atoms with Crippen molar-refractivity contribution in [3.63, 3.8) is 0 Å². The smallest absolute Gasteiger partial charge is 0.269 e. The molecule has 0 radical (unpaired) electrons. The summed E-state index contributed by atoms with van der Waals surface area (Å²) in [6.07, 6.45) is 3.47. The molecule has 9 heteroatoms. The monoisotopic (exact) mass is 470 g/mol. The summed E-state index contributed by atoms with van der Waals surface area (Å²) in [5.41, 5.74) is 4.86. The van der Waals surface area contributed by atoms with E-state index >= 15 is 0 Å². The molecule has 3 heterocycles. The molecule has 0 saturated carbocycles. The Balaban J connectivity index is 1.40. The second kappa shape index (κ2) is 8.43. The molecule has 1 atom stereocenters. The van der Waals surface area contributed by atoms with Crippen LogP contribution in [0, 0.1) is 13.8 Å². The van der Waals surface area contributed by atoms with Gasteiger partial charge in [-0.25, -0.2) is 0 Å². The van der Waals surface area contributed by atoms with Crippen LogP contribution in [0.1, 0.15) is 35.7 Å². The number of oxime groups is 1. The fourth-order valence-electron chi connectivity index (χ4n) is 3.40. The second-order valence-corrected chi connectivity index (χ2v) is 8.18. The maximum atomic E-state index is 12.7. The van der Waals surface area contributed by atoms with Crippen molar-refractivity contribution in [2.45, 2.75) is 46.4 Å². The zero-order valence-electron chi connectivity index (χ0n) is 17.1. The third-order valence-electron chi connectivity index (χ3n) is 4.93. The number of halogens is 1. The van der Waals surface area contributed by atoms with Crippen LogP contribution in [-0.2, 0) is 22.7 Å². The minimum atomic E-state index is -0.696. The first-order chi connectivity index (χ1) is 14.4. The Hall–Kier alpha value is -2.94. The van der Waals surface area contributed by atoms with E-state index in [9.17, 15) is 4.79 Å². The van der Waals surface area contributed by atoms with Crippen molar-refractivity contribution in [1.29, 1.82) is 0 Å². The molecular formula is C21H23BrN6O2. The van der Waals surface area contributed by atoms with Gasteiger partial charge >= 0.3 is 0 Å². The molecule has 0 bridgehead atoms. The van der Waals surface area contributed by atoms with Crippen molar-refractivity contribution in [2.75, 3.05) is 5.32 Å².